The van der Waals surface area contributed by atoms with E-state index >= 15 is 0 Å². The molecule has 0 rings (SSSR count). The van der Waals surface area contributed by atoms with Gasteiger partial charge in [0.15, 0.2) is 0 Å². The number of allylic oxidation sites excluding steroid dienone is 1. The van der Waals surface area contributed by atoms with Crippen molar-refractivity contribution < 1.29 is 19.4 Å². The van der Waals surface area contributed by atoms with Crippen LogP contribution in [0.5, 0.6) is 0 Å². The minimum atomic E-state index is -1.05. The number of ether oxygens (including phenoxy) is 1. The molecular formula is C13H23NO4S. The molecule has 0 aromatic heterocycles. The van der Waals surface area contributed by atoms with Gasteiger partial charge < -0.3 is 15.2 Å². The van der Waals surface area contributed by atoms with Crippen LogP contribution in [0, 0.1) is 0 Å². The minimum absolute atomic E-state index is 0.325. The summed E-state index contributed by atoms with van der Waals surface area (Å²) in [4.78, 5) is 22.5. The topological polar surface area (TPSA) is 75.6 Å². The molecule has 0 saturated carbocycles. The average molecular weight is 289 g/mol. The maximum absolute atomic E-state index is 11.5. The van der Waals surface area contributed by atoms with Gasteiger partial charge in [-0.1, -0.05) is 6.08 Å². The van der Waals surface area contributed by atoms with E-state index in [1.165, 1.54) is 11.8 Å². The summed E-state index contributed by atoms with van der Waals surface area (Å²) in [6.07, 6.45) is 2.98. The lowest BCUT2D eigenvalue weighted by Crippen LogP contribution is -2.45. The van der Waals surface area contributed by atoms with E-state index in [1.54, 1.807) is 20.8 Å². The first-order valence-corrected chi connectivity index (χ1v) is 7.32. The van der Waals surface area contributed by atoms with Crippen molar-refractivity contribution in [1.29, 1.82) is 0 Å². The fourth-order valence-electron chi connectivity index (χ4n) is 1.16. The van der Waals surface area contributed by atoms with Crippen LogP contribution in [0.4, 0.5) is 4.79 Å². The number of carbonyl (C=O) groups is 2. The van der Waals surface area contributed by atoms with Crippen LogP contribution in [0.2, 0.25) is 0 Å². The molecule has 0 aliphatic carbocycles. The molecule has 0 aromatic rings. The van der Waals surface area contributed by atoms with Crippen LogP contribution in [-0.4, -0.2) is 40.3 Å². The van der Waals surface area contributed by atoms with Crippen molar-refractivity contribution in [3.63, 3.8) is 0 Å². The number of rotatable bonds is 8. The number of nitrogens with one attached hydrogen (secondary N) is 1. The maximum atomic E-state index is 11.5. The van der Waals surface area contributed by atoms with Crippen LogP contribution in [0.25, 0.3) is 0 Å². The van der Waals surface area contributed by atoms with Crippen molar-refractivity contribution in [2.75, 3.05) is 11.5 Å². The Morgan fingerprint density at radius 2 is 2.11 bits per heavy atom. The molecule has 0 saturated heterocycles. The van der Waals surface area contributed by atoms with Crippen molar-refractivity contribution in [3.8, 4) is 0 Å². The van der Waals surface area contributed by atoms with Gasteiger partial charge in [-0.2, -0.15) is 11.8 Å². The van der Waals surface area contributed by atoms with E-state index in [1.807, 2.05) is 6.08 Å². The monoisotopic (exact) mass is 289 g/mol. The van der Waals surface area contributed by atoms with E-state index in [9.17, 15) is 9.59 Å². The summed E-state index contributed by atoms with van der Waals surface area (Å²) in [5, 5.41) is 11.4. The number of aliphatic carboxylic acids is 1. The third-order valence-electron chi connectivity index (χ3n) is 1.97. The first-order valence-electron chi connectivity index (χ1n) is 6.17. The summed E-state index contributed by atoms with van der Waals surface area (Å²) >= 11 is 1.49. The third kappa shape index (κ3) is 10.4. The van der Waals surface area contributed by atoms with E-state index in [0.717, 1.165) is 18.6 Å². The molecular weight excluding hydrogens is 266 g/mol. The van der Waals surface area contributed by atoms with Crippen LogP contribution in [0.1, 0.15) is 33.6 Å². The first kappa shape index (κ1) is 17.8. The summed E-state index contributed by atoms with van der Waals surface area (Å²) in [5.41, 5.74) is -0.635. The van der Waals surface area contributed by atoms with Gasteiger partial charge in [0.2, 0.25) is 0 Å². The van der Waals surface area contributed by atoms with E-state index in [0.29, 0.717) is 5.75 Å². The number of carbonyl (C=O) groups excluding carboxylic acids is 1. The Balaban J connectivity index is 4.08. The van der Waals surface area contributed by atoms with Crippen LogP contribution in [-0.2, 0) is 9.53 Å². The molecule has 0 aliphatic heterocycles. The molecule has 0 fully saturated rings. The zero-order chi connectivity index (χ0) is 14.9. The second-order valence-electron chi connectivity index (χ2n) is 5.04. The van der Waals surface area contributed by atoms with E-state index < -0.39 is 23.7 Å². The molecule has 0 spiro atoms. The average Bonchev–Trinajstić information content (AvgIpc) is 2.24. The molecule has 0 bridgehead atoms. The van der Waals surface area contributed by atoms with Gasteiger partial charge in [-0.05, 0) is 39.4 Å². The maximum Gasteiger partial charge on any atom is 0.408 e. The summed E-state index contributed by atoms with van der Waals surface area (Å²) in [7, 11) is 0. The standard InChI is InChI=1S/C13H23NO4S/c1-5-6-7-8-19-9-10(11(15)16)14-12(17)18-13(2,3)4/h5,10H,1,6-9H2,2-4H3,(H,14,17)(H,15,16)/t10-/m0/s1. The largest absolute Gasteiger partial charge is 0.480 e. The minimum Gasteiger partial charge on any atom is -0.480 e. The Labute approximate surface area is 118 Å². The molecule has 0 radical (unpaired) electrons. The molecule has 1 atom stereocenters. The number of thioether (sulfide) groups is 1. The first-order chi connectivity index (χ1) is 8.76. The summed E-state index contributed by atoms with van der Waals surface area (Å²) in [6, 6.07) is -0.927. The highest BCUT2D eigenvalue weighted by molar-refractivity contribution is 7.99. The fraction of sp³-hybridized carbons (Fsp3) is 0.692. The lowest BCUT2D eigenvalue weighted by Gasteiger charge is -2.21. The number of hydrogen-bond donors (Lipinski definition) is 2. The van der Waals surface area contributed by atoms with Crippen LogP contribution in [0.3, 0.4) is 0 Å². The van der Waals surface area contributed by atoms with E-state index in [2.05, 4.69) is 11.9 Å². The second kappa shape index (κ2) is 8.85. The van der Waals surface area contributed by atoms with Crippen molar-refractivity contribution in [3.05, 3.63) is 12.7 Å². The summed E-state index contributed by atoms with van der Waals surface area (Å²) < 4.78 is 5.03. The quantitative estimate of drug-likeness (QED) is 0.531. The Morgan fingerprint density at radius 3 is 2.58 bits per heavy atom. The molecule has 1 amide bonds. The summed E-state index contributed by atoms with van der Waals surface area (Å²) in [5.74, 6) is 0.111. The number of hydrogen-bond acceptors (Lipinski definition) is 4. The zero-order valence-corrected chi connectivity index (χ0v) is 12.6. The van der Waals surface area contributed by atoms with E-state index in [-0.39, 0.29) is 0 Å². The Morgan fingerprint density at radius 1 is 1.47 bits per heavy atom. The molecule has 6 heteroatoms. The zero-order valence-electron chi connectivity index (χ0n) is 11.8. The number of alkyl carbamates (subject to hydrolysis) is 1. The lowest BCUT2D eigenvalue weighted by molar-refractivity contribution is -0.138. The van der Waals surface area contributed by atoms with Gasteiger partial charge in [-0.3, -0.25) is 0 Å². The highest BCUT2D eigenvalue weighted by Gasteiger charge is 2.23. The molecule has 0 unspecified atom stereocenters. The molecule has 0 aromatic carbocycles. The van der Waals surface area contributed by atoms with Gasteiger partial charge >= 0.3 is 12.1 Å². The smallest absolute Gasteiger partial charge is 0.408 e. The number of unbranched alkanes of at least 4 members (excludes halogenated alkanes) is 1. The lowest BCUT2D eigenvalue weighted by atomic mass is 10.2. The number of carboxylic acids is 1. The Kier molecular flexibility index (Phi) is 8.30. The predicted octanol–water partition coefficient (Wildman–Crippen LogP) is 2.66. The van der Waals surface area contributed by atoms with Crippen LogP contribution >= 0.6 is 11.8 Å². The highest BCUT2D eigenvalue weighted by Crippen LogP contribution is 2.10. The van der Waals surface area contributed by atoms with Crippen LogP contribution in [0.15, 0.2) is 12.7 Å². The van der Waals surface area contributed by atoms with Crippen LogP contribution < -0.4 is 5.32 Å². The summed E-state index contributed by atoms with van der Waals surface area (Å²) in [6.45, 7) is 8.80. The fourth-order valence-corrected chi connectivity index (χ4v) is 2.15. The molecule has 0 heterocycles. The van der Waals surface area contributed by atoms with Gasteiger partial charge in [0.25, 0.3) is 0 Å². The predicted molar refractivity (Wildman–Crippen MR) is 77.5 cm³/mol. The molecule has 0 aliphatic rings. The molecule has 19 heavy (non-hydrogen) atoms. The van der Waals surface area contributed by atoms with Gasteiger partial charge in [0.1, 0.15) is 11.6 Å². The highest BCUT2D eigenvalue weighted by atomic mass is 32.2. The van der Waals surface area contributed by atoms with Crippen molar-refractivity contribution >= 4 is 23.8 Å². The van der Waals surface area contributed by atoms with E-state index in [4.69, 9.17) is 9.84 Å². The van der Waals surface area contributed by atoms with Crippen molar-refractivity contribution in [1.82, 2.24) is 5.32 Å². The molecule has 2 N–H and O–H groups in total. The van der Waals surface area contributed by atoms with Gasteiger partial charge in [0.05, 0.1) is 0 Å². The Bertz CT molecular complexity index is 312. The second-order valence-corrected chi connectivity index (χ2v) is 6.19. The van der Waals surface area contributed by atoms with Gasteiger partial charge in [-0.15, -0.1) is 6.58 Å². The number of amides is 1. The number of carboxylic acid groups (broad SMARTS) is 1. The van der Waals surface area contributed by atoms with Crippen molar-refractivity contribution in [2.45, 2.75) is 45.3 Å². The normalized spacial score (nSPS) is 12.6. The van der Waals surface area contributed by atoms with Gasteiger partial charge in [-0.25, -0.2) is 9.59 Å². The molecule has 110 valence electrons. The van der Waals surface area contributed by atoms with Gasteiger partial charge in [0, 0.05) is 5.75 Å². The van der Waals surface area contributed by atoms with Crippen molar-refractivity contribution in [2.24, 2.45) is 0 Å². The molecule has 5 nitrogen and oxygen atoms in total. The third-order valence-corrected chi connectivity index (χ3v) is 3.12. The Hall–Kier alpha value is -1.17. The SMILES string of the molecule is C=CCCCSC[C@H](NC(=O)OC(C)(C)C)C(=O)O.